The van der Waals surface area contributed by atoms with Crippen molar-refractivity contribution < 1.29 is 33.4 Å². The molecule has 0 saturated heterocycles. The van der Waals surface area contributed by atoms with Gasteiger partial charge in [0.25, 0.3) is 5.91 Å². The summed E-state index contributed by atoms with van der Waals surface area (Å²) < 4.78 is 16.2. The number of anilines is 2. The van der Waals surface area contributed by atoms with Crippen molar-refractivity contribution in [2.45, 2.75) is 19.1 Å². The Labute approximate surface area is 216 Å². The topological polar surface area (TPSA) is 138 Å². The summed E-state index contributed by atoms with van der Waals surface area (Å²) in [6.07, 6.45) is -0.261. The van der Waals surface area contributed by atoms with Crippen molar-refractivity contribution in [3.8, 4) is 11.1 Å². The molecule has 2 heterocycles. The summed E-state index contributed by atoms with van der Waals surface area (Å²) in [7, 11) is 3.93. The highest BCUT2D eigenvalue weighted by Crippen LogP contribution is 2.39. The molecule has 37 heavy (non-hydrogen) atoms. The highest BCUT2D eigenvalue weighted by atomic mass is 35.5. The minimum atomic E-state index is -0.935. The standard InChI is InChI=1S/C25H23ClN4O7/c1-35-12-18-21(13-4-6-16(26)7-5-13)22-28-23(32)19(30(22)29-18)11-20(31)27-17-9-14(24(33)36-2)8-15(10-17)25(34)37-3/h4-10,19H,11-12H2,1-3H3,(H,27,31)(H,28,32). The zero-order valence-electron chi connectivity index (χ0n) is 20.2. The lowest BCUT2D eigenvalue weighted by Gasteiger charge is -2.12. The number of rotatable bonds is 8. The van der Waals surface area contributed by atoms with Gasteiger partial charge in [0, 0.05) is 23.4 Å². The fraction of sp³-hybridized carbons (Fsp3) is 0.240. The third-order valence-electron chi connectivity index (χ3n) is 5.67. The molecule has 0 fully saturated rings. The third kappa shape index (κ3) is 5.32. The van der Waals surface area contributed by atoms with E-state index in [1.54, 1.807) is 24.3 Å². The molecule has 1 aromatic heterocycles. The smallest absolute Gasteiger partial charge is 0.337 e. The molecule has 1 atom stereocenters. The summed E-state index contributed by atoms with van der Waals surface area (Å²) in [6, 6.07) is 10.1. The quantitative estimate of drug-likeness (QED) is 0.426. The summed E-state index contributed by atoms with van der Waals surface area (Å²) in [4.78, 5) is 49.8. The highest BCUT2D eigenvalue weighted by Gasteiger charge is 2.37. The fourth-order valence-corrected chi connectivity index (χ4v) is 4.16. The molecule has 0 radical (unpaired) electrons. The number of ether oxygens (including phenoxy) is 3. The second-order valence-electron chi connectivity index (χ2n) is 8.09. The Morgan fingerprint density at radius 1 is 1.03 bits per heavy atom. The molecule has 0 saturated carbocycles. The van der Waals surface area contributed by atoms with Gasteiger partial charge < -0.3 is 24.8 Å². The van der Waals surface area contributed by atoms with Crippen molar-refractivity contribution in [3.63, 3.8) is 0 Å². The zero-order valence-corrected chi connectivity index (χ0v) is 20.9. The Balaban J connectivity index is 1.61. The van der Waals surface area contributed by atoms with Crippen LogP contribution in [0, 0.1) is 0 Å². The van der Waals surface area contributed by atoms with Crippen molar-refractivity contribution >= 4 is 46.9 Å². The summed E-state index contributed by atoms with van der Waals surface area (Å²) in [5.74, 6) is -1.90. The van der Waals surface area contributed by atoms with Crippen LogP contribution in [-0.4, -0.2) is 54.9 Å². The molecule has 4 rings (SSSR count). The van der Waals surface area contributed by atoms with Gasteiger partial charge in [0.15, 0.2) is 0 Å². The number of amides is 2. The van der Waals surface area contributed by atoms with E-state index in [4.69, 9.17) is 25.8 Å². The van der Waals surface area contributed by atoms with E-state index in [0.29, 0.717) is 22.1 Å². The van der Waals surface area contributed by atoms with Crippen LogP contribution in [0.25, 0.3) is 11.1 Å². The molecule has 0 spiro atoms. The highest BCUT2D eigenvalue weighted by molar-refractivity contribution is 6.30. The molecule has 3 aromatic rings. The largest absolute Gasteiger partial charge is 0.465 e. The summed E-state index contributed by atoms with van der Waals surface area (Å²) in [5, 5.41) is 10.5. The van der Waals surface area contributed by atoms with Gasteiger partial charge in [-0.15, -0.1) is 0 Å². The second kappa shape index (κ2) is 10.8. The van der Waals surface area contributed by atoms with Gasteiger partial charge in [-0.3, -0.25) is 9.59 Å². The van der Waals surface area contributed by atoms with Gasteiger partial charge in [-0.1, -0.05) is 23.7 Å². The Morgan fingerprint density at radius 2 is 1.65 bits per heavy atom. The van der Waals surface area contributed by atoms with Crippen molar-refractivity contribution in [2.75, 3.05) is 32.0 Å². The normalized spacial score (nSPS) is 14.1. The van der Waals surface area contributed by atoms with Crippen LogP contribution in [0.2, 0.25) is 5.02 Å². The number of esters is 2. The average molecular weight is 527 g/mol. The van der Waals surface area contributed by atoms with Crippen LogP contribution in [0.15, 0.2) is 42.5 Å². The molecule has 192 valence electrons. The number of nitrogens with one attached hydrogen (secondary N) is 2. The van der Waals surface area contributed by atoms with Gasteiger partial charge in [0.1, 0.15) is 11.9 Å². The number of aromatic nitrogens is 2. The van der Waals surface area contributed by atoms with Crippen molar-refractivity contribution in [1.82, 2.24) is 9.78 Å². The first kappa shape index (κ1) is 25.9. The van der Waals surface area contributed by atoms with E-state index < -0.39 is 29.8 Å². The Kier molecular flexibility index (Phi) is 7.55. The number of benzene rings is 2. The number of hydrogen-bond acceptors (Lipinski definition) is 8. The van der Waals surface area contributed by atoms with E-state index in [-0.39, 0.29) is 29.8 Å². The maximum Gasteiger partial charge on any atom is 0.337 e. The molecule has 0 aliphatic carbocycles. The van der Waals surface area contributed by atoms with Crippen LogP contribution in [0.1, 0.15) is 38.9 Å². The predicted octanol–water partition coefficient (Wildman–Crippen LogP) is 3.45. The Bertz CT molecular complexity index is 1350. The first-order valence-electron chi connectivity index (χ1n) is 11.0. The van der Waals surface area contributed by atoms with Crippen LogP contribution in [0.4, 0.5) is 11.5 Å². The molecule has 1 aliphatic rings. The minimum Gasteiger partial charge on any atom is -0.465 e. The number of carbonyl (C=O) groups is 4. The SMILES string of the molecule is COCc1nn2c(c1-c1ccc(Cl)cc1)NC(=O)C2CC(=O)Nc1cc(C(=O)OC)cc(C(=O)OC)c1. The number of fused-ring (bicyclic) bond motifs is 1. The van der Waals surface area contributed by atoms with Crippen LogP contribution < -0.4 is 10.6 Å². The molecule has 12 heteroatoms. The zero-order chi connectivity index (χ0) is 26.7. The number of carbonyl (C=O) groups excluding carboxylic acids is 4. The predicted molar refractivity (Wildman–Crippen MR) is 133 cm³/mol. The first-order chi connectivity index (χ1) is 17.7. The van der Waals surface area contributed by atoms with Crippen molar-refractivity contribution in [1.29, 1.82) is 0 Å². The van der Waals surface area contributed by atoms with E-state index in [2.05, 4.69) is 15.7 Å². The van der Waals surface area contributed by atoms with E-state index in [0.717, 1.165) is 5.56 Å². The lowest BCUT2D eigenvalue weighted by Crippen LogP contribution is -2.24. The van der Waals surface area contributed by atoms with Crippen LogP contribution in [0.3, 0.4) is 0 Å². The number of hydrogen-bond donors (Lipinski definition) is 2. The monoisotopic (exact) mass is 526 g/mol. The molecule has 2 aromatic carbocycles. The molecular formula is C25H23ClN4O7. The Hall–Kier alpha value is -4.22. The Morgan fingerprint density at radius 3 is 2.22 bits per heavy atom. The fourth-order valence-electron chi connectivity index (χ4n) is 4.03. The van der Waals surface area contributed by atoms with E-state index in [9.17, 15) is 19.2 Å². The minimum absolute atomic E-state index is 0.0467. The molecule has 2 amide bonds. The summed E-state index contributed by atoms with van der Waals surface area (Å²) in [6.45, 7) is 0.184. The van der Waals surface area contributed by atoms with Gasteiger partial charge in [0.2, 0.25) is 5.91 Å². The second-order valence-corrected chi connectivity index (χ2v) is 8.53. The van der Waals surface area contributed by atoms with Crippen LogP contribution in [-0.2, 0) is 30.4 Å². The number of methoxy groups -OCH3 is 3. The van der Waals surface area contributed by atoms with E-state index in [1.165, 1.54) is 44.2 Å². The molecular weight excluding hydrogens is 504 g/mol. The van der Waals surface area contributed by atoms with E-state index >= 15 is 0 Å². The van der Waals surface area contributed by atoms with Crippen molar-refractivity contribution in [3.05, 3.63) is 64.3 Å². The van der Waals surface area contributed by atoms with Gasteiger partial charge >= 0.3 is 11.9 Å². The lowest BCUT2D eigenvalue weighted by molar-refractivity contribution is -0.123. The molecule has 11 nitrogen and oxygen atoms in total. The molecule has 0 bridgehead atoms. The average Bonchev–Trinajstić information content (AvgIpc) is 3.38. The van der Waals surface area contributed by atoms with Gasteiger partial charge in [0.05, 0.1) is 44.1 Å². The van der Waals surface area contributed by atoms with Gasteiger partial charge in [-0.05, 0) is 35.9 Å². The molecule has 1 unspecified atom stereocenters. The lowest BCUT2D eigenvalue weighted by atomic mass is 10.1. The maximum atomic E-state index is 12.9. The third-order valence-corrected chi connectivity index (χ3v) is 5.93. The number of halogens is 1. The maximum absolute atomic E-state index is 12.9. The van der Waals surface area contributed by atoms with Gasteiger partial charge in [-0.25, -0.2) is 14.3 Å². The van der Waals surface area contributed by atoms with Crippen molar-refractivity contribution in [2.24, 2.45) is 0 Å². The molecule has 1 aliphatic heterocycles. The first-order valence-corrected chi connectivity index (χ1v) is 11.4. The summed E-state index contributed by atoms with van der Waals surface area (Å²) in [5.41, 5.74) is 2.28. The van der Waals surface area contributed by atoms with Crippen LogP contribution >= 0.6 is 11.6 Å². The van der Waals surface area contributed by atoms with Gasteiger partial charge in [-0.2, -0.15) is 5.10 Å². The summed E-state index contributed by atoms with van der Waals surface area (Å²) >= 11 is 6.02. The van der Waals surface area contributed by atoms with E-state index in [1.807, 2.05) is 0 Å². The number of nitrogens with zero attached hydrogens (tertiary/aromatic N) is 2. The van der Waals surface area contributed by atoms with Crippen LogP contribution in [0.5, 0.6) is 0 Å². The molecule has 2 N–H and O–H groups in total.